The molecule has 0 fully saturated rings. The maximum absolute atomic E-state index is 10.2. The van der Waals surface area contributed by atoms with Gasteiger partial charge in [-0.15, -0.1) is 6.58 Å². The molecular weight excluding hydrogens is 208 g/mol. The molecule has 94 valence electrons. The van der Waals surface area contributed by atoms with Gasteiger partial charge in [-0.1, -0.05) is 24.3 Å². The van der Waals surface area contributed by atoms with Crippen molar-refractivity contribution in [3.05, 3.63) is 47.5 Å². The Labute approximate surface area is 105 Å². The topological polar surface area (TPSA) is 20.2 Å². The van der Waals surface area contributed by atoms with Gasteiger partial charge in [0.25, 0.3) is 0 Å². The smallest absolute Gasteiger partial charge is 0.0625 e. The van der Waals surface area contributed by atoms with E-state index in [9.17, 15) is 5.11 Å². The molecule has 0 aliphatic carbocycles. The highest BCUT2D eigenvalue weighted by Crippen LogP contribution is 2.27. The first kappa shape index (κ1) is 14.0. The van der Waals surface area contributed by atoms with Crippen LogP contribution < -0.4 is 0 Å². The number of hydrogen-bond acceptors (Lipinski definition) is 1. The first-order valence-corrected chi connectivity index (χ1v) is 6.24. The normalized spacial score (nSPS) is 13.5. The Morgan fingerprint density at radius 2 is 1.82 bits per heavy atom. The third-order valence-electron chi connectivity index (χ3n) is 3.55. The van der Waals surface area contributed by atoms with Crippen molar-refractivity contribution >= 4 is 0 Å². The van der Waals surface area contributed by atoms with Crippen molar-refractivity contribution in [2.24, 2.45) is 5.92 Å². The van der Waals surface area contributed by atoms with Gasteiger partial charge in [0.05, 0.1) is 5.60 Å². The maximum atomic E-state index is 10.2. The van der Waals surface area contributed by atoms with Crippen LogP contribution in [-0.2, 0) is 6.42 Å². The number of allylic oxidation sites excluding steroid dienone is 1. The summed E-state index contributed by atoms with van der Waals surface area (Å²) < 4.78 is 0. The van der Waals surface area contributed by atoms with E-state index in [1.54, 1.807) is 0 Å². The minimum Gasteiger partial charge on any atom is -0.390 e. The van der Waals surface area contributed by atoms with Crippen molar-refractivity contribution in [1.82, 2.24) is 0 Å². The van der Waals surface area contributed by atoms with Gasteiger partial charge in [-0.05, 0) is 63.1 Å². The number of aryl methyl sites for hydroxylation is 2. The third kappa shape index (κ3) is 3.71. The van der Waals surface area contributed by atoms with Gasteiger partial charge in [0.1, 0.15) is 0 Å². The summed E-state index contributed by atoms with van der Waals surface area (Å²) in [5.41, 5.74) is 3.32. The molecule has 0 aliphatic heterocycles. The van der Waals surface area contributed by atoms with E-state index in [4.69, 9.17) is 0 Å². The van der Waals surface area contributed by atoms with Gasteiger partial charge in [0.2, 0.25) is 0 Å². The summed E-state index contributed by atoms with van der Waals surface area (Å²) in [5, 5.41) is 10.2. The van der Waals surface area contributed by atoms with Gasteiger partial charge < -0.3 is 5.11 Å². The summed E-state index contributed by atoms with van der Waals surface area (Å²) in [6, 6.07) is 6.36. The van der Waals surface area contributed by atoms with E-state index < -0.39 is 5.60 Å². The molecule has 1 atom stereocenters. The van der Waals surface area contributed by atoms with Crippen LogP contribution >= 0.6 is 0 Å². The van der Waals surface area contributed by atoms with Gasteiger partial charge >= 0.3 is 0 Å². The van der Waals surface area contributed by atoms with Crippen molar-refractivity contribution in [2.75, 3.05) is 0 Å². The van der Waals surface area contributed by atoms with Crippen molar-refractivity contribution in [2.45, 2.75) is 46.1 Å². The number of rotatable bonds is 5. The van der Waals surface area contributed by atoms with E-state index in [0.717, 1.165) is 12.8 Å². The summed E-state index contributed by atoms with van der Waals surface area (Å²) in [5.74, 6) is 0.222. The third-order valence-corrected chi connectivity index (χ3v) is 3.55. The summed E-state index contributed by atoms with van der Waals surface area (Å²) in [6.07, 6.45) is 3.65. The highest BCUT2D eigenvalue weighted by molar-refractivity contribution is 5.34. The summed E-state index contributed by atoms with van der Waals surface area (Å²) in [6.45, 7) is 11.8. The second-order valence-corrected chi connectivity index (χ2v) is 5.45. The molecule has 1 unspecified atom stereocenters. The fraction of sp³-hybridized carbons (Fsp3) is 0.500. The van der Waals surface area contributed by atoms with E-state index in [1.807, 2.05) is 19.9 Å². The Balaban J connectivity index is 2.97. The van der Waals surface area contributed by atoms with Gasteiger partial charge in [-0.3, -0.25) is 0 Å². The molecular formula is C16H24O. The Morgan fingerprint density at radius 1 is 1.29 bits per heavy atom. The summed E-state index contributed by atoms with van der Waals surface area (Å²) in [4.78, 5) is 0. The molecule has 1 aromatic carbocycles. The lowest BCUT2D eigenvalue weighted by molar-refractivity contribution is 0.0182. The average molecular weight is 232 g/mol. The summed E-state index contributed by atoms with van der Waals surface area (Å²) in [7, 11) is 0. The predicted octanol–water partition coefficient (Wildman–Crippen LogP) is 3.81. The number of hydrogen-bond donors (Lipinski definition) is 1. The van der Waals surface area contributed by atoms with Gasteiger partial charge in [-0.2, -0.15) is 0 Å². The molecule has 1 heteroatoms. The molecule has 0 spiro atoms. The largest absolute Gasteiger partial charge is 0.390 e. The molecule has 0 saturated carbocycles. The molecule has 0 aliphatic rings. The monoisotopic (exact) mass is 232 g/mol. The van der Waals surface area contributed by atoms with Crippen LogP contribution in [0.4, 0.5) is 0 Å². The lowest BCUT2D eigenvalue weighted by Gasteiger charge is -2.29. The SMILES string of the molecule is C=CCC(Cc1c(C)cccc1C)C(C)(C)O. The van der Waals surface area contributed by atoms with Gasteiger partial charge in [0, 0.05) is 0 Å². The number of benzene rings is 1. The Kier molecular flexibility index (Phi) is 4.53. The molecule has 0 bridgehead atoms. The molecule has 1 rings (SSSR count). The second kappa shape index (κ2) is 5.50. The maximum Gasteiger partial charge on any atom is 0.0625 e. The molecule has 1 N–H and O–H groups in total. The second-order valence-electron chi connectivity index (χ2n) is 5.45. The van der Waals surface area contributed by atoms with Crippen molar-refractivity contribution in [3.63, 3.8) is 0 Å². The highest BCUT2D eigenvalue weighted by Gasteiger charge is 2.26. The molecule has 17 heavy (non-hydrogen) atoms. The average Bonchev–Trinajstić information content (AvgIpc) is 2.20. The summed E-state index contributed by atoms with van der Waals surface area (Å²) >= 11 is 0. The molecule has 0 heterocycles. The zero-order chi connectivity index (χ0) is 13.1. The molecule has 0 aromatic heterocycles. The van der Waals surface area contributed by atoms with Crippen LogP contribution in [0.2, 0.25) is 0 Å². The Hall–Kier alpha value is -1.08. The predicted molar refractivity (Wildman–Crippen MR) is 74.2 cm³/mol. The first-order valence-electron chi connectivity index (χ1n) is 6.24. The fourth-order valence-corrected chi connectivity index (χ4v) is 2.24. The van der Waals surface area contributed by atoms with Crippen LogP contribution in [0.3, 0.4) is 0 Å². The molecule has 1 nitrogen and oxygen atoms in total. The van der Waals surface area contributed by atoms with E-state index in [0.29, 0.717) is 0 Å². The lowest BCUT2D eigenvalue weighted by Crippen LogP contribution is -2.32. The minimum absolute atomic E-state index is 0.222. The van der Waals surface area contributed by atoms with Crippen molar-refractivity contribution in [1.29, 1.82) is 0 Å². The quantitative estimate of drug-likeness (QED) is 0.765. The Morgan fingerprint density at radius 3 is 2.24 bits per heavy atom. The standard InChI is InChI=1S/C16H24O/c1-6-8-14(16(4,5)17)11-15-12(2)9-7-10-13(15)3/h6-7,9-10,14,17H,1,8,11H2,2-5H3. The van der Waals surface area contributed by atoms with Crippen molar-refractivity contribution < 1.29 is 5.11 Å². The molecule has 1 aromatic rings. The van der Waals surface area contributed by atoms with Crippen LogP contribution in [-0.4, -0.2) is 10.7 Å². The van der Waals surface area contributed by atoms with E-state index in [2.05, 4.69) is 38.6 Å². The fourth-order valence-electron chi connectivity index (χ4n) is 2.24. The van der Waals surface area contributed by atoms with Gasteiger partial charge in [0.15, 0.2) is 0 Å². The zero-order valence-corrected chi connectivity index (χ0v) is 11.5. The highest BCUT2D eigenvalue weighted by atomic mass is 16.3. The van der Waals surface area contributed by atoms with E-state index >= 15 is 0 Å². The molecule has 0 saturated heterocycles. The Bertz CT molecular complexity index is 365. The van der Waals surface area contributed by atoms with Crippen LogP contribution in [0.15, 0.2) is 30.9 Å². The van der Waals surface area contributed by atoms with Crippen LogP contribution in [0.1, 0.15) is 37.0 Å². The van der Waals surface area contributed by atoms with Gasteiger partial charge in [-0.25, -0.2) is 0 Å². The van der Waals surface area contributed by atoms with Crippen LogP contribution in [0, 0.1) is 19.8 Å². The first-order chi connectivity index (χ1) is 7.86. The van der Waals surface area contributed by atoms with E-state index in [1.165, 1.54) is 16.7 Å². The van der Waals surface area contributed by atoms with Crippen LogP contribution in [0.25, 0.3) is 0 Å². The lowest BCUT2D eigenvalue weighted by atomic mass is 9.81. The zero-order valence-electron chi connectivity index (χ0n) is 11.5. The number of aliphatic hydroxyl groups is 1. The van der Waals surface area contributed by atoms with Crippen molar-refractivity contribution in [3.8, 4) is 0 Å². The van der Waals surface area contributed by atoms with Crippen LogP contribution in [0.5, 0.6) is 0 Å². The molecule has 0 amide bonds. The van der Waals surface area contributed by atoms with E-state index in [-0.39, 0.29) is 5.92 Å². The molecule has 0 radical (unpaired) electrons. The minimum atomic E-state index is -0.664.